The van der Waals surface area contributed by atoms with Crippen LogP contribution in [0.15, 0.2) is 24.3 Å². The quantitative estimate of drug-likeness (QED) is 0.820. The van der Waals surface area contributed by atoms with Crippen molar-refractivity contribution in [1.29, 1.82) is 0 Å². The van der Waals surface area contributed by atoms with Crippen LogP contribution in [-0.4, -0.2) is 25.4 Å². The molecule has 1 aromatic rings. The molecule has 2 rings (SSSR count). The fourth-order valence-electron chi connectivity index (χ4n) is 2.52. The number of rotatable bonds is 3. The van der Waals surface area contributed by atoms with E-state index in [9.17, 15) is 5.11 Å². The van der Waals surface area contributed by atoms with E-state index in [2.05, 4.69) is 5.32 Å². The van der Waals surface area contributed by atoms with Crippen LogP contribution in [0.1, 0.15) is 24.8 Å². The number of hydrogen-bond acceptors (Lipinski definition) is 3. The third-order valence-corrected chi connectivity index (χ3v) is 3.30. The molecule has 0 aliphatic carbocycles. The maximum absolute atomic E-state index is 9.96. The molecule has 1 fully saturated rings. The van der Waals surface area contributed by atoms with Crippen LogP contribution in [0.4, 0.5) is 0 Å². The number of nitrogens with one attached hydrogen (secondary N) is 1. The molecule has 1 heterocycles. The van der Waals surface area contributed by atoms with Crippen LogP contribution >= 0.6 is 0 Å². The number of ether oxygens (including phenoxy) is 1. The van der Waals surface area contributed by atoms with Gasteiger partial charge in [0.1, 0.15) is 5.75 Å². The maximum Gasteiger partial charge on any atom is 0.120 e. The molecule has 1 aliphatic rings. The summed E-state index contributed by atoms with van der Waals surface area (Å²) in [5.41, 5.74) is 0.745. The lowest BCUT2D eigenvalue weighted by atomic mass is 9.82. The van der Waals surface area contributed by atoms with Crippen molar-refractivity contribution in [3.8, 4) is 5.75 Å². The van der Waals surface area contributed by atoms with Gasteiger partial charge in [-0.05, 0) is 31.9 Å². The molecule has 1 aliphatic heterocycles. The van der Waals surface area contributed by atoms with E-state index in [0.717, 1.165) is 18.5 Å². The van der Waals surface area contributed by atoms with E-state index in [1.54, 1.807) is 13.2 Å². The van der Waals surface area contributed by atoms with Gasteiger partial charge in [0, 0.05) is 12.7 Å². The fraction of sp³-hybridized carbons (Fsp3) is 0.538. The number of phenolic OH excluding ortho intramolecular Hbond substituents is 1. The molecule has 3 heteroatoms. The minimum atomic E-state index is -0.210. The SMILES string of the molecule is COCC1(c2ccccc2O)CCCCN1. The van der Waals surface area contributed by atoms with Gasteiger partial charge >= 0.3 is 0 Å². The molecule has 3 nitrogen and oxygen atoms in total. The van der Waals surface area contributed by atoms with Crippen LogP contribution in [0, 0.1) is 0 Å². The Balaban J connectivity index is 2.34. The summed E-state index contributed by atoms with van der Waals surface area (Å²) in [4.78, 5) is 0. The van der Waals surface area contributed by atoms with Crippen LogP contribution in [0.5, 0.6) is 5.75 Å². The Morgan fingerprint density at radius 3 is 2.81 bits per heavy atom. The summed E-state index contributed by atoms with van der Waals surface area (Å²) in [5, 5.41) is 13.5. The summed E-state index contributed by atoms with van der Waals surface area (Å²) in [5.74, 6) is 0.356. The van der Waals surface area contributed by atoms with E-state index in [4.69, 9.17) is 4.74 Å². The summed E-state index contributed by atoms with van der Waals surface area (Å²) in [7, 11) is 1.71. The molecular formula is C13H19NO2. The van der Waals surface area contributed by atoms with Gasteiger partial charge in [0.15, 0.2) is 0 Å². The average molecular weight is 221 g/mol. The summed E-state index contributed by atoms with van der Waals surface area (Å²) < 4.78 is 5.32. The van der Waals surface area contributed by atoms with Crippen LogP contribution in [0.2, 0.25) is 0 Å². The first kappa shape index (κ1) is 11.4. The van der Waals surface area contributed by atoms with Crippen LogP contribution in [-0.2, 0) is 10.3 Å². The first-order valence-electron chi connectivity index (χ1n) is 5.81. The number of hydrogen-bond donors (Lipinski definition) is 2. The lowest BCUT2D eigenvalue weighted by Crippen LogP contribution is -2.49. The van der Waals surface area contributed by atoms with Crippen molar-refractivity contribution in [2.75, 3.05) is 20.3 Å². The molecule has 0 radical (unpaired) electrons. The van der Waals surface area contributed by atoms with Gasteiger partial charge in [0.05, 0.1) is 12.1 Å². The molecule has 88 valence electrons. The number of piperidine rings is 1. The number of methoxy groups -OCH3 is 1. The minimum absolute atomic E-state index is 0.210. The monoisotopic (exact) mass is 221 g/mol. The van der Waals surface area contributed by atoms with Gasteiger partial charge in [-0.25, -0.2) is 0 Å². The molecule has 1 atom stereocenters. The van der Waals surface area contributed by atoms with Crippen molar-refractivity contribution in [2.45, 2.75) is 24.8 Å². The number of phenols is 1. The maximum atomic E-state index is 9.96. The predicted octanol–water partition coefficient (Wildman–Crippen LogP) is 2.01. The summed E-state index contributed by atoms with van der Waals surface area (Å²) in [6, 6.07) is 7.53. The number of aromatic hydroxyl groups is 1. The molecule has 0 bridgehead atoms. The zero-order chi connectivity index (χ0) is 11.4. The zero-order valence-corrected chi connectivity index (χ0v) is 9.70. The first-order chi connectivity index (χ1) is 7.78. The van der Waals surface area contributed by atoms with Crippen LogP contribution < -0.4 is 5.32 Å². The Kier molecular flexibility index (Phi) is 3.46. The van der Waals surface area contributed by atoms with Gasteiger partial charge in [-0.1, -0.05) is 18.2 Å². The first-order valence-corrected chi connectivity index (χ1v) is 5.81. The highest BCUT2D eigenvalue weighted by Gasteiger charge is 2.35. The van der Waals surface area contributed by atoms with E-state index >= 15 is 0 Å². The molecule has 1 unspecified atom stereocenters. The molecular weight excluding hydrogens is 202 g/mol. The van der Waals surface area contributed by atoms with Crippen molar-refractivity contribution >= 4 is 0 Å². The van der Waals surface area contributed by atoms with Crippen molar-refractivity contribution in [3.63, 3.8) is 0 Å². The van der Waals surface area contributed by atoms with E-state index in [-0.39, 0.29) is 5.54 Å². The Morgan fingerprint density at radius 2 is 2.19 bits per heavy atom. The van der Waals surface area contributed by atoms with E-state index in [1.165, 1.54) is 12.8 Å². The number of benzene rings is 1. The third-order valence-electron chi connectivity index (χ3n) is 3.30. The fourth-order valence-corrected chi connectivity index (χ4v) is 2.52. The highest BCUT2D eigenvalue weighted by molar-refractivity contribution is 5.38. The van der Waals surface area contributed by atoms with E-state index < -0.39 is 0 Å². The van der Waals surface area contributed by atoms with Crippen molar-refractivity contribution in [2.24, 2.45) is 0 Å². The second-order valence-electron chi connectivity index (χ2n) is 4.42. The van der Waals surface area contributed by atoms with Crippen molar-refractivity contribution < 1.29 is 9.84 Å². The Bertz CT molecular complexity index is 340. The van der Waals surface area contributed by atoms with Crippen LogP contribution in [0.25, 0.3) is 0 Å². The molecule has 1 aromatic carbocycles. The molecule has 0 saturated carbocycles. The van der Waals surface area contributed by atoms with Crippen LogP contribution in [0.3, 0.4) is 0 Å². The lowest BCUT2D eigenvalue weighted by molar-refractivity contribution is 0.0866. The largest absolute Gasteiger partial charge is 0.508 e. The summed E-state index contributed by atoms with van der Waals surface area (Å²) >= 11 is 0. The second kappa shape index (κ2) is 4.85. The van der Waals surface area contributed by atoms with Gasteiger partial charge < -0.3 is 15.2 Å². The molecule has 0 aromatic heterocycles. The Morgan fingerprint density at radius 1 is 1.38 bits per heavy atom. The molecule has 0 amide bonds. The number of para-hydroxylation sites is 1. The van der Waals surface area contributed by atoms with Crippen molar-refractivity contribution in [3.05, 3.63) is 29.8 Å². The second-order valence-corrected chi connectivity index (χ2v) is 4.42. The van der Waals surface area contributed by atoms with E-state index in [0.29, 0.717) is 12.4 Å². The van der Waals surface area contributed by atoms with Crippen molar-refractivity contribution in [1.82, 2.24) is 5.32 Å². The van der Waals surface area contributed by atoms with Gasteiger partial charge in [-0.2, -0.15) is 0 Å². The van der Waals surface area contributed by atoms with Gasteiger partial charge in [-0.15, -0.1) is 0 Å². The minimum Gasteiger partial charge on any atom is -0.508 e. The predicted molar refractivity (Wildman–Crippen MR) is 63.5 cm³/mol. The van der Waals surface area contributed by atoms with Gasteiger partial charge in [0.25, 0.3) is 0 Å². The molecule has 0 spiro atoms. The Labute approximate surface area is 96.4 Å². The van der Waals surface area contributed by atoms with Gasteiger partial charge in [-0.3, -0.25) is 0 Å². The summed E-state index contributed by atoms with van der Waals surface area (Å²) in [6.45, 7) is 1.59. The Hall–Kier alpha value is -1.06. The highest BCUT2D eigenvalue weighted by Crippen LogP contribution is 2.35. The smallest absolute Gasteiger partial charge is 0.120 e. The lowest BCUT2D eigenvalue weighted by Gasteiger charge is -2.38. The molecule has 1 saturated heterocycles. The van der Waals surface area contributed by atoms with E-state index in [1.807, 2.05) is 18.2 Å². The topological polar surface area (TPSA) is 41.5 Å². The normalized spacial score (nSPS) is 25.6. The summed E-state index contributed by atoms with van der Waals surface area (Å²) in [6.07, 6.45) is 3.38. The third kappa shape index (κ3) is 2.06. The molecule has 2 N–H and O–H groups in total. The average Bonchev–Trinajstić information content (AvgIpc) is 2.31. The zero-order valence-electron chi connectivity index (χ0n) is 9.70. The highest BCUT2D eigenvalue weighted by atomic mass is 16.5. The standard InChI is InChI=1S/C13H19NO2/c1-16-10-13(8-4-5-9-14-13)11-6-2-3-7-12(11)15/h2-3,6-7,14-15H,4-5,8-10H2,1H3. The molecule has 16 heavy (non-hydrogen) atoms. The van der Waals surface area contributed by atoms with Gasteiger partial charge in [0.2, 0.25) is 0 Å².